The van der Waals surface area contributed by atoms with E-state index in [4.69, 9.17) is 4.99 Å². The maximum Gasteiger partial charge on any atom is 0.225 e. The summed E-state index contributed by atoms with van der Waals surface area (Å²) >= 11 is 0. The predicted octanol–water partition coefficient (Wildman–Crippen LogP) is 2.08. The van der Waals surface area contributed by atoms with Crippen molar-refractivity contribution < 1.29 is 4.79 Å². The van der Waals surface area contributed by atoms with Crippen LogP contribution in [0.1, 0.15) is 63.5 Å². The third-order valence-corrected chi connectivity index (χ3v) is 6.20. The lowest BCUT2D eigenvalue weighted by molar-refractivity contribution is -0.135. The van der Waals surface area contributed by atoms with Crippen molar-refractivity contribution in [1.82, 2.24) is 30.3 Å². The van der Waals surface area contributed by atoms with Gasteiger partial charge in [-0.25, -0.2) is 4.99 Å². The number of hydrogen-bond donors (Lipinski definition) is 2. The van der Waals surface area contributed by atoms with Crippen LogP contribution in [0.4, 0.5) is 0 Å². The molecular weight excluding hydrogens is 481 g/mol. The average molecular weight is 515 g/mol. The van der Waals surface area contributed by atoms with Gasteiger partial charge in [0.25, 0.3) is 0 Å². The number of guanidine groups is 1. The highest BCUT2D eigenvalue weighted by atomic mass is 127. The molecule has 1 atom stereocenters. The van der Waals surface area contributed by atoms with Crippen molar-refractivity contribution in [2.75, 3.05) is 19.6 Å². The Labute approximate surface area is 190 Å². The first-order valence-corrected chi connectivity index (χ1v) is 11.0. The van der Waals surface area contributed by atoms with E-state index in [-0.39, 0.29) is 35.9 Å². The van der Waals surface area contributed by atoms with Crippen molar-refractivity contribution in [3.8, 4) is 0 Å². The Morgan fingerprint density at radius 1 is 1.14 bits per heavy atom. The molecule has 1 aromatic rings. The van der Waals surface area contributed by atoms with Gasteiger partial charge >= 0.3 is 0 Å². The lowest BCUT2D eigenvalue weighted by Gasteiger charge is -2.26. The summed E-state index contributed by atoms with van der Waals surface area (Å²) < 4.78 is 2.19. The Morgan fingerprint density at radius 3 is 2.76 bits per heavy atom. The molecule has 8 nitrogen and oxygen atoms in total. The summed E-state index contributed by atoms with van der Waals surface area (Å²) in [6, 6.07) is 0.259. The molecule has 4 rings (SSSR count). The van der Waals surface area contributed by atoms with E-state index in [1.807, 2.05) is 0 Å². The summed E-state index contributed by atoms with van der Waals surface area (Å²) in [7, 11) is 0. The maximum atomic E-state index is 12.8. The molecule has 3 aliphatic rings. The van der Waals surface area contributed by atoms with Crippen LogP contribution in [-0.2, 0) is 24.3 Å². The minimum Gasteiger partial charge on any atom is -0.357 e. The Kier molecular flexibility index (Phi) is 8.14. The van der Waals surface area contributed by atoms with E-state index in [0.717, 1.165) is 75.9 Å². The number of fused-ring (bicyclic) bond motifs is 1. The summed E-state index contributed by atoms with van der Waals surface area (Å²) in [4.78, 5) is 19.6. The second-order valence-electron chi connectivity index (χ2n) is 8.23. The number of hydrogen-bond acceptors (Lipinski definition) is 4. The molecule has 1 saturated carbocycles. The molecule has 0 radical (unpaired) electrons. The number of carbonyl (C=O) groups is 1. The first kappa shape index (κ1) is 22.3. The van der Waals surface area contributed by atoms with Gasteiger partial charge in [0, 0.05) is 44.6 Å². The maximum absolute atomic E-state index is 12.8. The smallest absolute Gasteiger partial charge is 0.225 e. The Morgan fingerprint density at radius 2 is 1.97 bits per heavy atom. The van der Waals surface area contributed by atoms with Gasteiger partial charge in [-0.05, 0) is 32.6 Å². The van der Waals surface area contributed by atoms with Crippen LogP contribution in [0.3, 0.4) is 0 Å². The number of aliphatic imine (C=N–C) groups is 1. The molecule has 0 spiro atoms. The molecule has 29 heavy (non-hydrogen) atoms. The van der Waals surface area contributed by atoms with Gasteiger partial charge in [0.15, 0.2) is 11.8 Å². The molecule has 2 fully saturated rings. The van der Waals surface area contributed by atoms with Gasteiger partial charge < -0.3 is 20.1 Å². The molecule has 3 heterocycles. The highest BCUT2D eigenvalue weighted by Crippen LogP contribution is 2.26. The molecule has 9 heteroatoms. The zero-order valence-corrected chi connectivity index (χ0v) is 19.7. The number of nitrogens with zero attached hydrogens (tertiary/aromatic N) is 5. The van der Waals surface area contributed by atoms with Gasteiger partial charge in [0.05, 0.1) is 0 Å². The Bertz CT molecular complexity index is 714. The molecule has 0 aromatic carbocycles. The molecule has 2 aliphatic heterocycles. The molecule has 2 N–H and O–H groups in total. The molecule has 162 valence electrons. The van der Waals surface area contributed by atoms with Gasteiger partial charge in [-0.15, -0.1) is 34.2 Å². The molecule has 1 aromatic heterocycles. The van der Waals surface area contributed by atoms with Crippen LogP contribution in [0, 0.1) is 5.92 Å². The van der Waals surface area contributed by atoms with Crippen LogP contribution in [-0.4, -0.2) is 57.2 Å². The van der Waals surface area contributed by atoms with E-state index >= 15 is 0 Å². The van der Waals surface area contributed by atoms with Gasteiger partial charge in [0.1, 0.15) is 12.4 Å². The fourth-order valence-corrected chi connectivity index (χ4v) is 4.68. The minimum atomic E-state index is 0. The highest BCUT2D eigenvalue weighted by Gasteiger charge is 2.31. The van der Waals surface area contributed by atoms with Crippen LogP contribution < -0.4 is 10.6 Å². The number of carbonyl (C=O) groups excluding carboxylic acids is 1. The quantitative estimate of drug-likeness (QED) is 0.356. The molecule has 1 amide bonds. The van der Waals surface area contributed by atoms with E-state index in [1.165, 1.54) is 19.3 Å². The van der Waals surface area contributed by atoms with Crippen LogP contribution >= 0.6 is 24.0 Å². The lowest BCUT2D eigenvalue weighted by atomic mass is 9.88. The highest BCUT2D eigenvalue weighted by molar-refractivity contribution is 14.0. The fraction of sp³-hybridized carbons (Fsp3) is 0.800. The van der Waals surface area contributed by atoms with E-state index in [0.29, 0.717) is 12.5 Å². The Balaban J connectivity index is 0.00000240. The zero-order chi connectivity index (χ0) is 19.3. The first-order valence-electron chi connectivity index (χ1n) is 11.0. The normalized spacial score (nSPS) is 22.3. The SMILES string of the molecule is CCNC(=NCc1nnc2n1CCC2)NC1CCN(C(=O)C2CCCCC2)C1.I. The van der Waals surface area contributed by atoms with Gasteiger partial charge in [0.2, 0.25) is 5.91 Å². The van der Waals surface area contributed by atoms with Crippen LogP contribution in [0.25, 0.3) is 0 Å². The van der Waals surface area contributed by atoms with E-state index in [9.17, 15) is 4.79 Å². The molecular formula is C20H34IN7O. The zero-order valence-electron chi connectivity index (χ0n) is 17.4. The van der Waals surface area contributed by atoms with Crippen molar-refractivity contribution in [2.45, 2.75) is 77.4 Å². The van der Waals surface area contributed by atoms with Crippen molar-refractivity contribution >= 4 is 35.8 Å². The summed E-state index contributed by atoms with van der Waals surface area (Å²) in [5.74, 6) is 3.44. The molecule has 1 aliphatic carbocycles. The second kappa shape index (κ2) is 10.6. The first-order chi connectivity index (χ1) is 13.7. The average Bonchev–Trinajstić information content (AvgIpc) is 3.44. The van der Waals surface area contributed by atoms with Crippen molar-refractivity contribution in [2.24, 2.45) is 10.9 Å². The topological polar surface area (TPSA) is 87.4 Å². The molecule has 1 saturated heterocycles. The van der Waals surface area contributed by atoms with Gasteiger partial charge in [-0.1, -0.05) is 19.3 Å². The van der Waals surface area contributed by atoms with Crippen molar-refractivity contribution in [3.05, 3.63) is 11.6 Å². The van der Waals surface area contributed by atoms with Crippen molar-refractivity contribution in [3.63, 3.8) is 0 Å². The molecule has 1 unspecified atom stereocenters. The predicted molar refractivity (Wildman–Crippen MR) is 123 cm³/mol. The van der Waals surface area contributed by atoms with Crippen LogP contribution in [0.5, 0.6) is 0 Å². The monoisotopic (exact) mass is 515 g/mol. The number of rotatable bonds is 5. The minimum absolute atomic E-state index is 0. The third kappa shape index (κ3) is 5.40. The van der Waals surface area contributed by atoms with E-state index in [2.05, 4.69) is 37.2 Å². The standard InChI is InChI=1S/C20H33N7O.HI/c1-2-21-20(22-13-18-25-24-17-9-6-11-27(17)18)23-16-10-12-26(14-16)19(28)15-7-4-3-5-8-15;/h15-16H,2-14H2,1H3,(H2,21,22,23);1H. The summed E-state index contributed by atoms with van der Waals surface area (Å²) in [5, 5.41) is 15.4. The lowest BCUT2D eigenvalue weighted by Crippen LogP contribution is -2.45. The van der Waals surface area contributed by atoms with Crippen LogP contribution in [0.2, 0.25) is 0 Å². The number of aryl methyl sites for hydroxylation is 1. The second-order valence-corrected chi connectivity index (χ2v) is 8.23. The van der Waals surface area contributed by atoms with Gasteiger partial charge in [-0.2, -0.15) is 0 Å². The van der Waals surface area contributed by atoms with Gasteiger partial charge in [-0.3, -0.25) is 4.79 Å². The fourth-order valence-electron chi connectivity index (χ4n) is 4.68. The number of aromatic nitrogens is 3. The summed E-state index contributed by atoms with van der Waals surface area (Å²) in [6.45, 7) is 6.03. The Hall–Kier alpha value is -1.39. The largest absolute Gasteiger partial charge is 0.357 e. The number of halogens is 1. The summed E-state index contributed by atoms with van der Waals surface area (Å²) in [6.07, 6.45) is 8.97. The van der Waals surface area contributed by atoms with E-state index < -0.39 is 0 Å². The summed E-state index contributed by atoms with van der Waals surface area (Å²) in [5.41, 5.74) is 0. The van der Waals surface area contributed by atoms with E-state index in [1.54, 1.807) is 0 Å². The molecule has 0 bridgehead atoms. The number of nitrogens with one attached hydrogen (secondary N) is 2. The van der Waals surface area contributed by atoms with Crippen molar-refractivity contribution in [1.29, 1.82) is 0 Å². The van der Waals surface area contributed by atoms with Crippen LogP contribution in [0.15, 0.2) is 4.99 Å². The number of amides is 1. The number of likely N-dealkylation sites (tertiary alicyclic amines) is 1. The third-order valence-electron chi connectivity index (χ3n) is 6.20.